The Balaban J connectivity index is 2.37. The molecule has 16 heavy (non-hydrogen) atoms. The molecule has 88 valence electrons. The van der Waals surface area contributed by atoms with Crippen molar-refractivity contribution in [2.45, 2.75) is 38.1 Å². The van der Waals surface area contributed by atoms with Gasteiger partial charge in [0, 0.05) is 19.3 Å². The zero-order valence-electron chi connectivity index (χ0n) is 9.34. The summed E-state index contributed by atoms with van der Waals surface area (Å²) < 4.78 is 1.86. The highest BCUT2D eigenvalue weighted by molar-refractivity contribution is 5.74. The van der Waals surface area contributed by atoms with E-state index in [2.05, 4.69) is 0 Å². The van der Waals surface area contributed by atoms with E-state index in [-0.39, 0.29) is 6.04 Å². The molecule has 1 aliphatic heterocycles. The number of carbonyl (C=O) groups is 2. The van der Waals surface area contributed by atoms with E-state index in [1.807, 2.05) is 22.9 Å². The van der Waals surface area contributed by atoms with Gasteiger partial charge in [0.1, 0.15) is 12.8 Å². The van der Waals surface area contributed by atoms with Crippen molar-refractivity contribution in [3.63, 3.8) is 0 Å². The number of allylic oxidation sites excluding steroid dienone is 2. The molecule has 0 aromatic heterocycles. The highest BCUT2D eigenvalue weighted by atomic mass is 16.4. The summed E-state index contributed by atoms with van der Waals surface area (Å²) in [6.45, 7) is 0.815. The molecule has 0 aromatic rings. The van der Waals surface area contributed by atoms with Crippen LogP contribution < -0.4 is 0 Å². The van der Waals surface area contributed by atoms with Gasteiger partial charge in [0.05, 0.1) is 0 Å². The topological polar surface area (TPSA) is 57.4 Å². The molecule has 0 aliphatic carbocycles. The van der Waals surface area contributed by atoms with Crippen LogP contribution in [0, 0.1) is 0 Å². The number of rotatable bonds is 6. The molecule has 1 saturated heterocycles. The highest BCUT2D eigenvalue weighted by Gasteiger charge is 2.33. The molecule has 0 saturated carbocycles. The molecule has 0 amide bonds. The number of nitrogens with zero attached hydrogens (tertiary/aromatic N) is 1. The second-order valence-electron chi connectivity index (χ2n) is 3.91. The summed E-state index contributed by atoms with van der Waals surface area (Å²) in [5.41, 5.74) is 0. The van der Waals surface area contributed by atoms with Crippen molar-refractivity contribution in [3.05, 3.63) is 12.2 Å². The Morgan fingerprint density at radius 2 is 2.25 bits per heavy atom. The first-order valence-corrected chi connectivity index (χ1v) is 5.68. The molecule has 4 nitrogen and oxygen atoms in total. The van der Waals surface area contributed by atoms with Crippen LogP contribution >= 0.6 is 0 Å². The Labute approximate surface area is 95.3 Å². The Kier molecular flexibility index (Phi) is 5.46. The molecule has 0 unspecified atom stereocenters. The van der Waals surface area contributed by atoms with E-state index >= 15 is 0 Å². The van der Waals surface area contributed by atoms with Gasteiger partial charge in [-0.25, -0.2) is 9.37 Å². The fourth-order valence-electron chi connectivity index (χ4n) is 1.82. The fraction of sp³-hybridized carbons (Fsp3) is 0.583. The van der Waals surface area contributed by atoms with Gasteiger partial charge < -0.3 is 9.90 Å². The number of carboxylic acids is 1. The van der Waals surface area contributed by atoms with Gasteiger partial charge in [-0.1, -0.05) is 6.08 Å². The molecule has 0 spiro atoms. The van der Waals surface area contributed by atoms with Crippen molar-refractivity contribution in [1.29, 1.82) is 0 Å². The third kappa shape index (κ3) is 3.96. The van der Waals surface area contributed by atoms with Crippen LogP contribution in [0.1, 0.15) is 32.1 Å². The summed E-state index contributed by atoms with van der Waals surface area (Å²) in [4.78, 5) is 20.9. The maximum Gasteiger partial charge on any atom is 0.372 e. The first kappa shape index (κ1) is 12.6. The molecule has 0 aromatic carbocycles. The molecule has 1 aliphatic rings. The first-order chi connectivity index (χ1) is 7.75. The van der Waals surface area contributed by atoms with Gasteiger partial charge >= 0.3 is 5.97 Å². The van der Waals surface area contributed by atoms with Crippen LogP contribution in [-0.4, -0.2) is 40.7 Å². The van der Waals surface area contributed by atoms with E-state index in [0.717, 1.165) is 38.5 Å². The normalized spacial score (nSPS) is 23.0. The Morgan fingerprint density at radius 1 is 1.44 bits per heavy atom. The van der Waals surface area contributed by atoms with Crippen molar-refractivity contribution in [2.75, 3.05) is 6.54 Å². The molecule has 4 heteroatoms. The largest absolute Gasteiger partial charge is 0.476 e. The van der Waals surface area contributed by atoms with Gasteiger partial charge in [-0.05, 0) is 18.9 Å². The molecular formula is C12H18NO3+. The zero-order valence-corrected chi connectivity index (χ0v) is 9.34. The monoisotopic (exact) mass is 224 g/mol. The summed E-state index contributed by atoms with van der Waals surface area (Å²) in [5, 5.41) is 8.93. The summed E-state index contributed by atoms with van der Waals surface area (Å²) >= 11 is 0. The SMILES string of the molecule is O=CCCC/C=C/C=[N+]1CCC[C@H]1C(=O)O. The fourth-order valence-corrected chi connectivity index (χ4v) is 1.82. The lowest BCUT2D eigenvalue weighted by Crippen LogP contribution is -2.28. The van der Waals surface area contributed by atoms with Crippen LogP contribution in [0.2, 0.25) is 0 Å². The van der Waals surface area contributed by atoms with Gasteiger partial charge in [-0.15, -0.1) is 0 Å². The maximum absolute atomic E-state index is 10.9. The number of carboxylic acid groups (broad SMARTS) is 1. The van der Waals surface area contributed by atoms with E-state index in [1.54, 1.807) is 0 Å². The lowest BCUT2D eigenvalue weighted by molar-refractivity contribution is -0.527. The van der Waals surface area contributed by atoms with E-state index in [9.17, 15) is 9.59 Å². The van der Waals surface area contributed by atoms with Crippen LogP contribution in [0.3, 0.4) is 0 Å². The Bertz CT molecular complexity index is 307. The van der Waals surface area contributed by atoms with Crippen molar-refractivity contribution in [3.8, 4) is 0 Å². The average molecular weight is 224 g/mol. The van der Waals surface area contributed by atoms with Gasteiger partial charge in [0.15, 0.2) is 6.21 Å². The molecule has 0 radical (unpaired) electrons. The second kappa shape index (κ2) is 6.93. The number of unbranched alkanes of at least 4 members (excludes halogenated alkanes) is 2. The lowest BCUT2D eigenvalue weighted by Gasteiger charge is -1.99. The number of hydrogen-bond donors (Lipinski definition) is 1. The maximum atomic E-state index is 10.9. The minimum atomic E-state index is -0.747. The Morgan fingerprint density at radius 3 is 2.94 bits per heavy atom. The van der Waals surface area contributed by atoms with Crippen LogP contribution in [0.5, 0.6) is 0 Å². The lowest BCUT2D eigenvalue weighted by atomic mass is 10.2. The highest BCUT2D eigenvalue weighted by Crippen LogP contribution is 2.11. The van der Waals surface area contributed by atoms with Crippen LogP contribution in [0.25, 0.3) is 0 Å². The van der Waals surface area contributed by atoms with Gasteiger partial charge in [0.2, 0.25) is 6.04 Å². The molecule has 1 heterocycles. The summed E-state index contributed by atoms with van der Waals surface area (Å²) in [7, 11) is 0. The molecule has 1 fully saturated rings. The molecule has 0 bridgehead atoms. The van der Waals surface area contributed by atoms with Gasteiger partial charge in [-0.2, -0.15) is 0 Å². The van der Waals surface area contributed by atoms with Gasteiger partial charge in [0.25, 0.3) is 0 Å². The summed E-state index contributed by atoms with van der Waals surface area (Å²) in [6.07, 6.45) is 10.6. The van der Waals surface area contributed by atoms with Crippen LogP contribution in [-0.2, 0) is 9.59 Å². The average Bonchev–Trinajstić information content (AvgIpc) is 2.71. The zero-order chi connectivity index (χ0) is 11.8. The molecular weight excluding hydrogens is 206 g/mol. The van der Waals surface area contributed by atoms with Crippen molar-refractivity contribution in [2.24, 2.45) is 0 Å². The van der Waals surface area contributed by atoms with Crippen LogP contribution in [0.4, 0.5) is 0 Å². The number of hydrogen-bond acceptors (Lipinski definition) is 2. The first-order valence-electron chi connectivity index (χ1n) is 5.68. The quantitative estimate of drug-likeness (QED) is 0.419. The number of aliphatic carboxylic acids is 1. The predicted octanol–water partition coefficient (Wildman–Crippen LogP) is 1.24. The van der Waals surface area contributed by atoms with Crippen LogP contribution in [0.15, 0.2) is 12.2 Å². The predicted molar refractivity (Wildman–Crippen MR) is 60.9 cm³/mol. The minimum Gasteiger partial charge on any atom is -0.476 e. The molecule has 1 N–H and O–H groups in total. The van der Waals surface area contributed by atoms with E-state index in [4.69, 9.17) is 5.11 Å². The van der Waals surface area contributed by atoms with E-state index < -0.39 is 5.97 Å². The van der Waals surface area contributed by atoms with Crippen molar-refractivity contribution in [1.82, 2.24) is 0 Å². The number of carbonyl (C=O) groups excluding carboxylic acids is 1. The molecule has 1 rings (SSSR count). The Hall–Kier alpha value is -1.45. The standard InChI is InChI=1S/C12H17NO3/c14-10-5-3-1-2-4-8-13-9-6-7-11(13)12(15)16/h2,4,8,10-11H,1,3,5-7,9H2/p+1/b4-2+,13-8?/t11-/m0/s1. The second-order valence-corrected chi connectivity index (χ2v) is 3.91. The van der Waals surface area contributed by atoms with E-state index in [0.29, 0.717) is 6.42 Å². The summed E-state index contributed by atoms with van der Waals surface area (Å²) in [5.74, 6) is -0.747. The molecule has 1 atom stereocenters. The third-order valence-electron chi connectivity index (χ3n) is 2.69. The summed E-state index contributed by atoms with van der Waals surface area (Å²) in [6, 6.07) is -0.361. The van der Waals surface area contributed by atoms with Crippen molar-refractivity contribution >= 4 is 18.5 Å². The third-order valence-corrected chi connectivity index (χ3v) is 2.69. The number of aldehydes is 1. The minimum absolute atomic E-state index is 0.361. The smallest absolute Gasteiger partial charge is 0.372 e. The van der Waals surface area contributed by atoms with E-state index in [1.165, 1.54) is 0 Å². The van der Waals surface area contributed by atoms with Gasteiger partial charge in [-0.3, -0.25) is 0 Å². The van der Waals surface area contributed by atoms with Crippen molar-refractivity contribution < 1.29 is 19.3 Å².